The number of carbonyl (C=O) groups is 3. The SMILES string of the molecule is CC(=O)c1sc(N2C(=O)C(=O)C(=C(O)c3c(C)nc4ccccn34)C2c2cccnc2)nc1C. The molecule has 1 atom stereocenters. The lowest BCUT2D eigenvalue weighted by Crippen LogP contribution is -2.29. The molecule has 1 aliphatic rings. The molecule has 1 unspecified atom stereocenters. The zero-order valence-electron chi connectivity index (χ0n) is 18.5. The zero-order chi connectivity index (χ0) is 24.1. The molecule has 10 heteroatoms. The first-order chi connectivity index (χ1) is 16.3. The van der Waals surface area contributed by atoms with Gasteiger partial charge in [-0.25, -0.2) is 9.97 Å². The Balaban J connectivity index is 1.77. The Bertz CT molecular complexity index is 1520. The van der Waals surface area contributed by atoms with Crippen LogP contribution in [0.1, 0.15) is 45.3 Å². The van der Waals surface area contributed by atoms with Crippen LogP contribution < -0.4 is 4.90 Å². The molecule has 0 radical (unpaired) electrons. The maximum Gasteiger partial charge on any atom is 0.301 e. The molecule has 1 N–H and O–H groups in total. The molecule has 0 aliphatic carbocycles. The molecular weight excluding hydrogens is 454 g/mol. The summed E-state index contributed by atoms with van der Waals surface area (Å²) < 4.78 is 1.67. The van der Waals surface area contributed by atoms with Crippen LogP contribution in [0.2, 0.25) is 0 Å². The summed E-state index contributed by atoms with van der Waals surface area (Å²) >= 11 is 1.04. The molecule has 9 nitrogen and oxygen atoms in total. The Kier molecular flexibility index (Phi) is 5.09. The smallest absolute Gasteiger partial charge is 0.301 e. The molecular formula is C24H19N5O4S. The lowest BCUT2D eigenvalue weighted by atomic mass is 9.97. The third kappa shape index (κ3) is 3.22. The molecule has 170 valence electrons. The summed E-state index contributed by atoms with van der Waals surface area (Å²) in [5.41, 5.74) is 2.31. The highest BCUT2D eigenvalue weighted by molar-refractivity contribution is 7.18. The van der Waals surface area contributed by atoms with Gasteiger partial charge in [0.1, 0.15) is 11.3 Å². The number of ketones is 2. The fourth-order valence-corrected chi connectivity index (χ4v) is 5.21. The van der Waals surface area contributed by atoms with Gasteiger partial charge >= 0.3 is 5.91 Å². The fraction of sp³-hybridized carbons (Fsp3) is 0.167. The summed E-state index contributed by atoms with van der Waals surface area (Å²) in [5, 5.41) is 11.6. The van der Waals surface area contributed by atoms with Crippen LogP contribution in [0.15, 0.2) is 54.5 Å². The van der Waals surface area contributed by atoms with E-state index in [1.54, 1.807) is 54.9 Å². The van der Waals surface area contributed by atoms with Gasteiger partial charge < -0.3 is 5.11 Å². The Morgan fingerprint density at radius 3 is 2.56 bits per heavy atom. The van der Waals surface area contributed by atoms with Gasteiger partial charge in [0.05, 0.1) is 27.9 Å². The van der Waals surface area contributed by atoms with Crippen molar-refractivity contribution in [1.29, 1.82) is 0 Å². The van der Waals surface area contributed by atoms with E-state index >= 15 is 0 Å². The van der Waals surface area contributed by atoms with Crippen LogP contribution in [0.4, 0.5) is 5.13 Å². The number of imidazole rings is 1. The van der Waals surface area contributed by atoms with Crippen LogP contribution in [0.5, 0.6) is 0 Å². The van der Waals surface area contributed by atoms with Crippen LogP contribution in [-0.4, -0.2) is 41.9 Å². The summed E-state index contributed by atoms with van der Waals surface area (Å²) in [6.07, 6.45) is 4.83. The van der Waals surface area contributed by atoms with E-state index in [0.29, 0.717) is 33.2 Å². The highest BCUT2D eigenvalue weighted by atomic mass is 32.1. The number of carbonyl (C=O) groups excluding carboxylic acids is 3. The Morgan fingerprint density at radius 2 is 1.88 bits per heavy atom. The van der Waals surface area contributed by atoms with E-state index < -0.39 is 17.7 Å². The number of nitrogens with zero attached hydrogens (tertiary/aromatic N) is 5. The molecule has 34 heavy (non-hydrogen) atoms. The van der Waals surface area contributed by atoms with E-state index in [2.05, 4.69) is 15.0 Å². The average Bonchev–Trinajstić information content (AvgIpc) is 3.45. The van der Waals surface area contributed by atoms with Gasteiger partial charge in [0, 0.05) is 25.5 Å². The van der Waals surface area contributed by atoms with Gasteiger partial charge in [-0.05, 0) is 37.6 Å². The first-order valence-corrected chi connectivity index (χ1v) is 11.2. The molecule has 5 heterocycles. The van der Waals surface area contributed by atoms with Crippen molar-refractivity contribution in [3.8, 4) is 0 Å². The molecule has 1 amide bonds. The van der Waals surface area contributed by atoms with Crippen molar-refractivity contribution < 1.29 is 19.5 Å². The third-order valence-electron chi connectivity index (χ3n) is 5.68. The quantitative estimate of drug-likeness (QED) is 0.208. The minimum atomic E-state index is -0.979. The first kappa shape index (κ1) is 21.7. The summed E-state index contributed by atoms with van der Waals surface area (Å²) in [7, 11) is 0. The number of aliphatic hydroxyl groups is 1. The molecule has 5 rings (SSSR count). The molecule has 1 saturated heterocycles. The second-order valence-corrected chi connectivity index (χ2v) is 8.87. The highest BCUT2D eigenvalue weighted by Crippen LogP contribution is 2.44. The minimum absolute atomic E-state index is 0.0935. The number of pyridine rings is 2. The second kappa shape index (κ2) is 7.99. The van der Waals surface area contributed by atoms with Crippen molar-refractivity contribution in [1.82, 2.24) is 19.4 Å². The van der Waals surface area contributed by atoms with E-state index in [1.807, 2.05) is 6.07 Å². The van der Waals surface area contributed by atoms with Gasteiger partial charge in [0.25, 0.3) is 5.78 Å². The van der Waals surface area contributed by atoms with Crippen molar-refractivity contribution in [3.63, 3.8) is 0 Å². The van der Waals surface area contributed by atoms with Crippen molar-refractivity contribution in [3.05, 3.63) is 82.0 Å². The van der Waals surface area contributed by atoms with Crippen LogP contribution >= 0.6 is 11.3 Å². The van der Waals surface area contributed by atoms with E-state index in [4.69, 9.17) is 0 Å². The number of aliphatic hydroxyl groups excluding tert-OH is 1. The van der Waals surface area contributed by atoms with Crippen LogP contribution in [0, 0.1) is 13.8 Å². The fourth-order valence-electron chi connectivity index (χ4n) is 4.22. The molecule has 0 saturated carbocycles. The van der Waals surface area contributed by atoms with Crippen LogP contribution in [0.25, 0.3) is 11.4 Å². The van der Waals surface area contributed by atoms with Crippen molar-refractivity contribution >= 4 is 45.3 Å². The maximum atomic E-state index is 13.3. The summed E-state index contributed by atoms with van der Waals surface area (Å²) in [6.45, 7) is 4.82. The van der Waals surface area contributed by atoms with Crippen LogP contribution in [-0.2, 0) is 9.59 Å². The number of aryl methyl sites for hydroxylation is 2. The Labute approximate surface area is 198 Å². The number of fused-ring (bicyclic) bond motifs is 1. The van der Waals surface area contributed by atoms with Gasteiger partial charge in [0.2, 0.25) is 0 Å². The standard InChI is InChI=1S/C24H19N5O4S/c1-12-18(28-10-5-4-8-16(28)26-12)20(31)17-19(15-7-6-9-25-11-15)29(23(33)21(17)32)24-27-13(2)22(34-24)14(3)30/h4-11,19,31H,1-3H3. The van der Waals surface area contributed by atoms with Crippen LogP contribution in [0.3, 0.4) is 0 Å². The van der Waals surface area contributed by atoms with Gasteiger partial charge in [0.15, 0.2) is 16.7 Å². The van der Waals surface area contributed by atoms with Gasteiger partial charge in [-0.3, -0.25) is 28.7 Å². The van der Waals surface area contributed by atoms with Crippen molar-refractivity contribution in [2.45, 2.75) is 26.8 Å². The van der Waals surface area contributed by atoms with Gasteiger partial charge in [-0.15, -0.1) is 0 Å². The minimum Gasteiger partial charge on any atom is -0.505 e. The monoisotopic (exact) mass is 473 g/mol. The number of rotatable bonds is 4. The molecule has 0 bridgehead atoms. The van der Waals surface area contributed by atoms with Crippen molar-refractivity contribution in [2.24, 2.45) is 0 Å². The van der Waals surface area contributed by atoms with E-state index in [0.717, 1.165) is 11.3 Å². The summed E-state index contributed by atoms with van der Waals surface area (Å²) in [4.78, 5) is 53.3. The molecule has 4 aromatic rings. The molecule has 0 aromatic carbocycles. The zero-order valence-corrected chi connectivity index (χ0v) is 19.3. The lowest BCUT2D eigenvalue weighted by Gasteiger charge is -2.22. The van der Waals surface area contributed by atoms with E-state index in [1.165, 1.54) is 18.0 Å². The number of thiazole rings is 1. The largest absolute Gasteiger partial charge is 0.505 e. The topological polar surface area (TPSA) is 118 Å². The van der Waals surface area contributed by atoms with E-state index in [-0.39, 0.29) is 22.2 Å². The third-order valence-corrected chi connectivity index (χ3v) is 6.94. The Hall–Kier alpha value is -4.18. The number of aromatic nitrogens is 4. The number of amides is 1. The normalized spacial score (nSPS) is 17.6. The predicted octanol–water partition coefficient (Wildman–Crippen LogP) is 3.63. The maximum absolute atomic E-state index is 13.3. The highest BCUT2D eigenvalue weighted by Gasteiger charge is 2.49. The van der Waals surface area contributed by atoms with E-state index in [9.17, 15) is 19.5 Å². The van der Waals surface area contributed by atoms with Gasteiger partial charge in [-0.2, -0.15) is 0 Å². The number of hydrogen-bond acceptors (Lipinski definition) is 8. The lowest BCUT2D eigenvalue weighted by molar-refractivity contribution is -0.132. The summed E-state index contributed by atoms with van der Waals surface area (Å²) in [6, 6.07) is 7.80. The first-order valence-electron chi connectivity index (χ1n) is 10.4. The molecule has 0 spiro atoms. The number of anilines is 1. The Morgan fingerprint density at radius 1 is 1.09 bits per heavy atom. The summed E-state index contributed by atoms with van der Waals surface area (Å²) in [5.74, 6) is -2.22. The predicted molar refractivity (Wildman–Crippen MR) is 126 cm³/mol. The second-order valence-electron chi connectivity index (χ2n) is 7.90. The molecule has 1 aliphatic heterocycles. The van der Waals surface area contributed by atoms with Crippen molar-refractivity contribution in [2.75, 3.05) is 4.90 Å². The average molecular weight is 474 g/mol. The number of Topliss-reactive ketones (excluding diaryl/α,β-unsaturated/α-hetero) is 2. The van der Waals surface area contributed by atoms with Gasteiger partial charge in [-0.1, -0.05) is 23.5 Å². The molecule has 1 fully saturated rings. The molecule has 4 aromatic heterocycles. The number of hydrogen-bond donors (Lipinski definition) is 1.